The summed E-state index contributed by atoms with van der Waals surface area (Å²) in [6, 6.07) is 6.19. The third-order valence-electron chi connectivity index (χ3n) is 5.23. The molecule has 13 heteroatoms. The summed E-state index contributed by atoms with van der Waals surface area (Å²) >= 11 is 4.53. The Labute approximate surface area is 187 Å². The van der Waals surface area contributed by atoms with Crippen molar-refractivity contribution in [2.45, 2.75) is 61.4 Å². The summed E-state index contributed by atoms with van der Waals surface area (Å²) < 4.78 is 21.8. The second-order valence-corrected chi connectivity index (χ2v) is 7.50. The quantitative estimate of drug-likeness (QED) is 0.161. The van der Waals surface area contributed by atoms with Crippen molar-refractivity contribution in [2.24, 2.45) is 4.99 Å². The molecule has 2 aliphatic rings. The molecule has 0 unspecified atom stereocenters. The number of ether oxygens (including phenoxy) is 4. The Morgan fingerprint density at radius 1 is 0.812 bits per heavy atom. The lowest BCUT2D eigenvalue weighted by molar-refractivity contribution is -0.352. The Kier molecular flexibility index (Phi) is 8.63. The van der Waals surface area contributed by atoms with E-state index < -0.39 is 74.6 Å². The van der Waals surface area contributed by atoms with Crippen molar-refractivity contribution >= 4 is 23.1 Å². The molecule has 12 nitrogen and oxygen atoms in total. The van der Waals surface area contributed by atoms with Gasteiger partial charge in [0.1, 0.15) is 54.6 Å². The van der Waals surface area contributed by atoms with E-state index in [1.165, 1.54) is 12.1 Å². The van der Waals surface area contributed by atoms with Gasteiger partial charge in [0.05, 0.1) is 24.1 Å². The molecule has 3 rings (SSSR count). The molecular formula is C19H25NO11S. The number of rotatable bonds is 7. The van der Waals surface area contributed by atoms with Crippen molar-refractivity contribution in [3.8, 4) is 5.75 Å². The number of aliphatic imine (C=N–C) groups is 1. The number of aliphatic hydroxyl groups is 7. The van der Waals surface area contributed by atoms with Crippen LogP contribution in [0.5, 0.6) is 5.75 Å². The van der Waals surface area contributed by atoms with E-state index in [9.17, 15) is 35.7 Å². The topological polar surface area (TPSA) is 191 Å². The van der Waals surface area contributed by atoms with Crippen molar-refractivity contribution < 1.29 is 54.7 Å². The molecule has 2 heterocycles. The zero-order valence-corrected chi connectivity index (χ0v) is 17.4. The van der Waals surface area contributed by atoms with Crippen LogP contribution in [0.3, 0.4) is 0 Å². The summed E-state index contributed by atoms with van der Waals surface area (Å²) in [7, 11) is 0. The highest BCUT2D eigenvalue weighted by molar-refractivity contribution is 7.78. The number of hydrogen-bond donors (Lipinski definition) is 7. The van der Waals surface area contributed by atoms with Crippen LogP contribution in [0, 0.1) is 0 Å². The molecule has 10 atom stereocenters. The van der Waals surface area contributed by atoms with Gasteiger partial charge in [0, 0.05) is 0 Å². The summed E-state index contributed by atoms with van der Waals surface area (Å²) in [6.07, 6.45) is -15.3. The van der Waals surface area contributed by atoms with Gasteiger partial charge >= 0.3 is 0 Å². The average molecular weight is 475 g/mol. The van der Waals surface area contributed by atoms with E-state index in [0.29, 0.717) is 5.69 Å². The summed E-state index contributed by atoms with van der Waals surface area (Å²) in [5.74, 6) is 0.261. The zero-order valence-electron chi connectivity index (χ0n) is 16.6. The molecule has 1 aromatic carbocycles. The van der Waals surface area contributed by atoms with Crippen molar-refractivity contribution in [3.63, 3.8) is 0 Å². The van der Waals surface area contributed by atoms with Gasteiger partial charge in [-0.3, -0.25) is 0 Å². The first-order chi connectivity index (χ1) is 15.3. The molecule has 0 amide bonds. The maximum atomic E-state index is 10.7. The SMILES string of the molecule is OC[C@H]1O[C@H](O[C@@H]2[C@@H](O)[C@@H](Oc3ccc(N=C=S)cc3)O[C@H](CO)[C@H]2O)[C@H](O)[C@@H](O)[C@@H]1O. The van der Waals surface area contributed by atoms with E-state index in [-0.39, 0.29) is 5.75 Å². The molecule has 7 N–H and O–H groups in total. The first-order valence-electron chi connectivity index (χ1n) is 9.73. The minimum atomic E-state index is -1.75. The van der Waals surface area contributed by atoms with Crippen molar-refractivity contribution in [3.05, 3.63) is 24.3 Å². The molecule has 178 valence electrons. The van der Waals surface area contributed by atoms with Crippen LogP contribution in [0.4, 0.5) is 5.69 Å². The lowest BCUT2D eigenvalue weighted by Gasteiger charge is -2.45. The predicted octanol–water partition coefficient (Wildman–Crippen LogP) is -2.58. The molecule has 0 aromatic heterocycles. The first kappa shape index (κ1) is 25.1. The molecule has 2 saturated heterocycles. The van der Waals surface area contributed by atoms with E-state index in [2.05, 4.69) is 22.4 Å². The van der Waals surface area contributed by atoms with E-state index in [1.54, 1.807) is 12.1 Å². The second kappa shape index (κ2) is 11.0. The maximum absolute atomic E-state index is 10.7. The van der Waals surface area contributed by atoms with E-state index in [4.69, 9.17) is 18.9 Å². The van der Waals surface area contributed by atoms with Crippen LogP contribution in [0.2, 0.25) is 0 Å². The van der Waals surface area contributed by atoms with Crippen LogP contribution in [-0.2, 0) is 14.2 Å². The minimum Gasteiger partial charge on any atom is -0.462 e. The first-order valence-corrected chi connectivity index (χ1v) is 10.1. The fraction of sp³-hybridized carbons (Fsp3) is 0.632. The average Bonchev–Trinajstić information content (AvgIpc) is 2.79. The predicted molar refractivity (Wildman–Crippen MR) is 108 cm³/mol. The van der Waals surface area contributed by atoms with Crippen LogP contribution >= 0.6 is 12.2 Å². The molecule has 0 bridgehead atoms. The summed E-state index contributed by atoms with van der Waals surface area (Å²) in [4.78, 5) is 3.80. The third-order valence-corrected chi connectivity index (χ3v) is 5.32. The minimum absolute atomic E-state index is 0.261. The van der Waals surface area contributed by atoms with E-state index >= 15 is 0 Å². The van der Waals surface area contributed by atoms with Gasteiger partial charge in [-0.05, 0) is 36.5 Å². The monoisotopic (exact) mass is 475 g/mol. The molecule has 0 spiro atoms. The van der Waals surface area contributed by atoms with Crippen LogP contribution in [0.25, 0.3) is 0 Å². The lowest BCUT2D eigenvalue weighted by Crippen LogP contribution is -2.65. The highest BCUT2D eigenvalue weighted by Gasteiger charge is 2.51. The number of isothiocyanates is 1. The van der Waals surface area contributed by atoms with Crippen molar-refractivity contribution in [1.82, 2.24) is 0 Å². The normalized spacial score (nSPS) is 39.8. The van der Waals surface area contributed by atoms with Gasteiger partial charge in [0.15, 0.2) is 6.29 Å². The second-order valence-electron chi connectivity index (χ2n) is 7.32. The smallest absolute Gasteiger partial charge is 0.229 e. The molecular weight excluding hydrogens is 450 g/mol. The number of benzene rings is 1. The molecule has 32 heavy (non-hydrogen) atoms. The Morgan fingerprint density at radius 3 is 2.00 bits per heavy atom. The van der Waals surface area contributed by atoms with Gasteiger partial charge in [-0.1, -0.05) is 0 Å². The number of thiocarbonyl (C=S) groups is 1. The van der Waals surface area contributed by atoms with Crippen molar-refractivity contribution in [1.29, 1.82) is 0 Å². The van der Waals surface area contributed by atoms with Gasteiger partial charge in [0.25, 0.3) is 0 Å². The van der Waals surface area contributed by atoms with Gasteiger partial charge < -0.3 is 54.7 Å². The number of hydrogen-bond acceptors (Lipinski definition) is 13. The largest absolute Gasteiger partial charge is 0.462 e. The van der Waals surface area contributed by atoms with Gasteiger partial charge in [-0.2, -0.15) is 4.99 Å². The van der Waals surface area contributed by atoms with E-state index in [1.807, 2.05) is 0 Å². The standard InChI is InChI=1S/C19H25NO11S/c21-5-10-12(23)14(25)15(26)18(29-10)31-17-13(24)11(6-22)30-19(16(17)27)28-9-3-1-8(2-4-9)20-7-32/h1-4,10-19,21-27H,5-6H2/t10-,11-,12-,13-,14+,15-,16-,17+,18-,19+/m1/s1. The summed E-state index contributed by atoms with van der Waals surface area (Å²) in [5.41, 5.74) is 0.518. The van der Waals surface area contributed by atoms with Crippen LogP contribution in [0.1, 0.15) is 0 Å². The Morgan fingerprint density at radius 2 is 1.41 bits per heavy atom. The van der Waals surface area contributed by atoms with Crippen LogP contribution < -0.4 is 4.74 Å². The Hall–Kier alpha value is -1.58. The van der Waals surface area contributed by atoms with Gasteiger partial charge in [0.2, 0.25) is 6.29 Å². The summed E-state index contributed by atoms with van der Waals surface area (Å²) in [6.45, 7) is -1.33. The summed E-state index contributed by atoms with van der Waals surface area (Å²) in [5, 5.41) is 72.3. The van der Waals surface area contributed by atoms with Crippen LogP contribution in [-0.4, -0.2) is 116 Å². The zero-order chi connectivity index (χ0) is 23.4. The highest BCUT2D eigenvalue weighted by Crippen LogP contribution is 2.30. The highest BCUT2D eigenvalue weighted by atomic mass is 32.1. The molecule has 2 aliphatic heterocycles. The fourth-order valence-electron chi connectivity index (χ4n) is 3.43. The number of aliphatic hydroxyl groups excluding tert-OH is 7. The molecule has 0 radical (unpaired) electrons. The molecule has 0 saturated carbocycles. The lowest BCUT2D eigenvalue weighted by atomic mass is 9.97. The van der Waals surface area contributed by atoms with Crippen molar-refractivity contribution in [2.75, 3.05) is 13.2 Å². The third kappa shape index (κ3) is 5.31. The van der Waals surface area contributed by atoms with Gasteiger partial charge in [-0.25, -0.2) is 0 Å². The Balaban J connectivity index is 1.76. The molecule has 1 aromatic rings. The molecule has 2 fully saturated rings. The van der Waals surface area contributed by atoms with Gasteiger partial charge in [-0.15, -0.1) is 0 Å². The number of nitrogens with zero attached hydrogens (tertiary/aromatic N) is 1. The van der Waals surface area contributed by atoms with Crippen LogP contribution in [0.15, 0.2) is 29.3 Å². The molecule has 0 aliphatic carbocycles. The Bertz CT molecular complexity index is 790. The maximum Gasteiger partial charge on any atom is 0.229 e. The fourth-order valence-corrected chi connectivity index (χ4v) is 3.54. The van der Waals surface area contributed by atoms with E-state index in [0.717, 1.165) is 0 Å².